The molecule has 0 spiro atoms. The number of unbranched alkanes of at least 4 members (excludes halogenated alkanes) is 30. The minimum atomic E-state index is -0.0431. The number of ether oxygens (including phenoxy) is 15. The fraction of sp³-hybridized carbons (Fsp3) is 1.00. The Kier molecular flexibility index (Phi) is 74.8. The minimum Gasteiger partial charge on any atom is -0.382 e. The van der Waals surface area contributed by atoms with Crippen LogP contribution >= 0.6 is 0 Å². The fourth-order valence-corrected chi connectivity index (χ4v) is 8.79. The van der Waals surface area contributed by atoms with Gasteiger partial charge >= 0.3 is 0 Å². The summed E-state index contributed by atoms with van der Waals surface area (Å²) in [4.78, 5) is 0. The largest absolute Gasteiger partial charge is 0.382 e. The van der Waals surface area contributed by atoms with Crippen LogP contribution in [0.15, 0.2) is 0 Å². The molecule has 15 heteroatoms. The van der Waals surface area contributed by atoms with Crippen LogP contribution in [0.3, 0.4) is 0 Å². The van der Waals surface area contributed by atoms with E-state index in [1.165, 1.54) is 193 Å². The molecule has 15 nitrogen and oxygen atoms in total. The van der Waals surface area contributed by atoms with E-state index in [4.69, 9.17) is 71.1 Å². The van der Waals surface area contributed by atoms with Crippen molar-refractivity contribution in [1.29, 1.82) is 0 Å². The highest BCUT2D eigenvalue weighted by Gasteiger charge is 2.11. The van der Waals surface area contributed by atoms with Crippen LogP contribution in [0, 0.1) is 0 Å². The molecule has 0 saturated carbocycles. The average Bonchev–Trinajstić information content (AvgIpc) is 3.46. The Morgan fingerprint density at radius 3 is 0.582 bits per heavy atom. The van der Waals surface area contributed by atoms with Gasteiger partial charge in [0.25, 0.3) is 0 Å². The van der Waals surface area contributed by atoms with Gasteiger partial charge in [-0.1, -0.05) is 206 Å². The van der Waals surface area contributed by atoms with Crippen LogP contribution in [-0.4, -0.2) is 198 Å². The second kappa shape index (κ2) is 75.4. The van der Waals surface area contributed by atoms with E-state index in [0.717, 1.165) is 26.1 Å². The standard InChI is InChI=1S/C64H130O15/c1-4-6-8-10-12-14-16-18-20-22-24-26-28-30-32-34-36-77-62-64(79-37-35-33-31-29-27-25-23-21-19-17-15-13-11-9-7-5-2)63-78-61-60-76-59-58-75-57-56-74-55-54-73-53-52-72-51-50-71-49-48-70-47-46-69-45-44-68-43-42-67-41-40-66-39-38-65-3/h64H,4-63H2,1-3H3. The number of methoxy groups -OCH3 is 1. The Morgan fingerprint density at radius 1 is 0.177 bits per heavy atom. The van der Waals surface area contributed by atoms with Gasteiger partial charge in [0.05, 0.1) is 172 Å². The van der Waals surface area contributed by atoms with E-state index in [-0.39, 0.29) is 6.10 Å². The fourth-order valence-electron chi connectivity index (χ4n) is 8.79. The van der Waals surface area contributed by atoms with Gasteiger partial charge in [0.15, 0.2) is 0 Å². The van der Waals surface area contributed by atoms with Gasteiger partial charge in [-0.15, -0.1) is 0 Å². The lowest BCUT2D eigenvalue weighted by Crippen LogP contribution is -2.27. The Labute approximate surface area is 486 Å². The molecule has 0 N–H and O–H groups in total. The van der Waals surface area contributed by atoms with E-state index in [9.17, 15) is 0 Å². The molecule has 0 aromatic carbocycles. The second-order valence-electron chi connectivity index (χ2n) is 21.0. The summed E-state index contributed by atoms with van der Waals surface area (Å²) in [6.07, 6.45) is 43.9. The lowest BCUT2D eigenvalue weighted by molar-refractivity contribution is -0.0702. The third kappa shape index (κ3) is 73.5. The lowest BCUT2D eigenvalue weighted by Gasteiger charge is -2.18. The molecule has 0 fully saturated rings. The summed E-state index contributed by atoms with van der Waals surface area (Å²) in [6, 6.07) is 0. The Bertz CT molecular complexity index is 1040. The first-order valence-corrected chi connectivity index (χ1v) is 33.0. The van der Waals surface area contributed by atoms with E-state index in [0.29, 0.717) is 172 Å². The van der Waals surface area contributed by atoms with Crippen LogP contribution in [0.25, 0.3) is 0 Å². The van der Waals surface area contributed by atoms with Gasteiger partial charge < -0.3 is 71.1 Å². The van der Waals surface area contributed by atoms with Gasteiger partial charge in [0.1, 0.15) is 6.10 Å². The summed E-state index contributed by atoms with van der Waals surface area (Å²) in [7, 11) is 1.65. The van der Waals surface area contributed by atoms with Crippen molar-refractivity contribution >= 4 is 0 Å². The normalized spacial score (nSPS) is 12.2. The first-order valence-electron chi connectivity index (χ1n) is 33.0. The van der Waals surface area contributed by atoms with Crippen molar-refractivity contribution in [3.63, 3.8) is 0 Å². The van der Waals surface area contributed by atoms with Crippen LogP contribution in [0.1, 0.15) is 219 Å². The Morgan fingerprint density at radius 2 is 0.354 bits per heavy atom. The van der Waals surface area contributed by atoms with Crippen molar-refractivity contribution in [2.45, 2.75) is 225 Å². The zero-order valence-electron chi connectivity index (χ0n) is 52.1. The van der Waals surface area contributed by atoms with E-state index in [2.05, 4.69) is 13.8 Å². The molecule has 0 bridgehead atoms. The molecule has 1 atom stereocenters. The van der Waals surface area contributed by atoms with Crippen LogP contribution in [0.5, 0.6) is 0 Å². The maximum atomic E-state index is 6.32. The van der Waals surface area contributed by atoms with Gasteiger partial charge in [0.2, 0.25) is 0 Å². The summed E-state index contributed by atoms with van der Waals surface area (Å²) in [5.41, 5.74) is 0. The Balaban J connectivity index is 3.80. The highest BCUT2D eigenvalue weighted by molar-refractivity contribution is 4.58. The molecule has 0 saturated heterocycles. The first-order chi connectivity index (χ1) is 39.3. The molecule has 79 heavy (non-hydrogen) atoms. The van der Waals surface area contributed by atoms with E-state index < -0.39 is 0 Å². The van der Waals surface area contributed by atoms with Crippen molar-refractivity contribution in [3.05, 3.63) is 0 Å². The third-order valence-corrected chi connectivity index (χ3v) is 13.6. The van der Waals surface area contributed by atoms with E-state index >= 15 is 0 Å². The zero-order valence-corrected chi connectivity index (χ0v) is 52.1. The minimum absolute atomic E-state index is 0.0431. The van der Waals surface area contributed by atoms with Crippen LogP contribution in [-0.2, 0) is 71.1 Å². The third-order valence-electron chi connectivity index (χ3n) is 13.6. The predicted molar refractivity (Wildman–Crippen MR) is 321 cm³/mol. The van der Waals surface area contributed by atoms with Crippen LogP contribution < -0.4 is 0 Å². The van der Waals surface area contributed by atoms with Gasteiger partial charge in [-0.05, 0) is 12.8 Å². The maximum absolute atomic E-state index is 6.32. The van der Waals surface area contributed by atoms with Gasteiger partial charge in [0, 0.05) is 20.3 Å². The van der Waals surface area contributed by atoms with Crippen LogP contribution in [0.2, 0.25) is 0 Å². The summed E-state index contributed by atoms with van der Waals surface area (Å²) < 4.78 is 84.4. The van der Waals surface area contributed by atoms with Crippen LogP contribution in [0.4, 0.5) is 0 Å². The molecule has 0 radical (unpaired) electrons. The molecule has 0 rings (SSSR count). The molecule has 0 aromatic heterocycles. The van der Waals surface area contributed by atoms with Gasteiger partial charge in [-0.2, -0.15) is 0 Å². The zero-order chi connectivity index (χ0) is 56.6. The quantitative estimate of drug-likeness (QED) is 0.0534. The molecule has 0 aliphatic heterocycles. The molecular weight excluding hydrogens is 1010 g/mol. The highest BCUT2D eigenvalue weighted by atomic mass is 16.6. The predicted octanol–water partition coefficient (Wildman–Crippen LogP) is 13.8. The summed E-state index contributed by atoms with van der Waals surface area (Å²) in [6.45, 7) is 19.9. The molecule has 1 unspecified atom stereocenters. The molecule has 476 valence electrons. The monoisotopic (exact) mass is 1140 g/mol. The smallest absolute Gasteiger partial charge is 0.104 e. The first kappa shape index (κ1) is 78.4. The summed E-state index contributed by atoms with van der Waals surface area (Å²) >= 11 is 0. The highest BCUT2D eigenvalue weighted by Crippen LogP contribution is 2.16. The maximum Gasteiger partial charge on any atom is 0.104 e. The van der Waals surface area contributed by atoms with Crippen molar-refractivity contribution in [1.82, 2.24) is 0 Å². The van der Waals surface area contributed by atoms with Crippen molar-refractivity contribution in [2.24, 2.45) is 0 Å². The van der Waals surface area contributed by atoms with Crippen molar-refractivity contribution < 1.29 is 71.1 Å². The average molecular weight is 1140 g/mol. The van der Waals surface area contributed by atoms with Gasteiger partial charge in [-0.25, -0.2) is 0 Å². The van der Waals surface area contributed by atoms with Crippen molar-refractivity contribution in [2.75, 3.05) is 192 Å². The number of hydrogen-bond donors (Lipinski definition) is 0. The number of rotatable bonds is 75. The Hall–Kier alpha value is -0.600. The van der Waals surface area contributed by atoms with E-state index in [1.807, 2.05) is 0 Å². The molecule has 0 aromatic rings. The second-order valence-corrected chi connectivity index (χ2v) is 21.0. The topological polar surface area (TPSA) is 138 Å². The number of hydrogen-bond acceptors (Lipinski definition) is 15. The summed E-state index contributed by atoms with van der Waals surface area (Å²) in [5, 5.41) is 0. The molecule has 0 aliphatic carbocycles. The lowest BCUT2D eigenvalue weighted by atomic mass is 10.0. The van der Waals surface area contributed by atoms with Crippen molar-refractivity contribution in [3.8, 4) is 0 Å². The van der Waals surface area contributed by atoms with E-state index in [1.54, 1.807) is 7.11 Å². The molecule has 0 aliphatic rings. The van der Waals surface area contributed by atoms with Gasteiger partial charge in [-0.3, -0.25) is 0 Å². The molecular formula is C64H130O15. The molecule has 0 amide bonds. The molecule has 0 heterocycles. The summed E-state index contributed by atoms with van der Waals surface area (Å²) in [5.74, 6) is 0. The SMILES string of the molecule is CCCCCCCCCCCCCCCCCCOCC(COCCOCCOCCOCCOCCOCCOCCOCCOCCOCCOCCOCCOC)OCCCCCCCCCCCCCCCCCC.